The zero-order valence-corrected chi connectivity index (χ0v) is 17.4. The first-order valence-corrected chi connectivity index (χ1v) is 9.24. The van der Waals surface area contributed by atoms with Gasteiger partial charge in [-0.3, -0.25) is 4.99 Å². The Morgan fingerprint density at radius 3 is 2.16 bits per heavy atom. The average Bonchev–Trinajstić information content (AvgIpc) is 2.77. The lowest BCUT2D eigenvalue weighted by atomic mass is 10.1. The summed E-state index contributed by atoms with van der Waals surface area (Å²) in [6.45, 7) is -0.544. The topological polar surface area (TPSA) is 81.2 Å². The molecule has 0 saturated heterocycles. The van der Waals surface area contributed by atoms with Gasteiger partial charge in [0, 0.05) is 20.1 Å². The monoisotopic (exact) mass is 439 g/mol. The van der Waals surface area contributed by atoms with Crippen molar-refractivity contribution in [2.24, 2.45) is 4.99 Å². The van der Waals surface area contributed by atoms with Crippen LogP contribution in [0.5, 0.6) is 11.5 Å². The van der Waals surface area contributed by atoms with Gasteiger partial charge in [0.15, 0.2) is 12.6 Å². The van der Waals surface area contributed by atoms with E-state index in [2.05, 4.69) is 20.4 Å². The van der Waals surface area contributed by atoms with Crippen molar-refractivity contribution in [3.8, 4) is 11.5 Å². The van der Waals surface area contributed by atoms with E-state index in [-0.39, 0.29) is 5.75 Å². The predicted octanol–water partition coefficient (Wildman–Crippen LogP) is 3.29. The van der Waals surface area contributed by atoms with E-state index < -0.39 is 18.8 Å². The molecule has 2 aromatic carbocycles. The summed E-state index contributed by atoms with van der Waals surface area (Å²) < 4.78 is 51.2. The molecule has 168 valence electrons. The molecule has 31 heavy (non-hydrogen) atoms. The summed E-state index contributed by atoms with van der Waals surface area (Å²) >= 11 is 0. The van der Waals surface area contributed by atoms with E-state index in [1.54, 1.807) is 31.3 Å². The number of nitrogens with one attached hydrogen (secondary N) is 2. The maximum Gasteiger partial charge on any atom is 0.422 e. The van der Waals surface area contributed by atoms with Crippen LogP contribution < -0.4 is 20.1 Å². The molecule has 7 nitrogen and oxygen atoms in total. The molecule has 0 heterocycles. The van der Waals surface area contributed by atoms with Crippen molar-refractivity contribution >= 4 is 11.9 Å². The van der Waals surface area contributed by atoms with Gasteiger partial charge in [-0.2, -0.15) is 13.2 Å². The number of alkyl halides is 3. The van der Waals surface area contributed by atoms with Crippen molar-refractivity contribution in [1.29, 1.82) is 0 Å². The second kappa shape index (κ2) is 11.1. The van der Waals surface area contributed by atoms with E-state index in [0.29, 0.717) is 30.4 Å². The number of rotatable bonds is 8. The van der Waals surface area contributed by atoms with Gasteiger partial charge < -0.3 is 24.8 Å². The number of ether oxygens (including phenoxy) is 3. The maximum absolute atomic E-state index is 12.2. The molecule has 0 aliphatic rings. The van der Waals surface area contributed by atoms with Crippen molar-refractivity contribution in [2.75, 3.05) is 27.9 Å². The number of carbonyl (C=O) groups is 1. The molecule has 2 rings (SSSR count). The quantitative estimate of drug-likeness (QED) is 0.373. The Morgan fingerprint density at radius 1 is 1.00 bits per heavy atom. The molecule has 0 unspecified atom stereocenters. The second-order valence-electron chi connectivity index (χ2n) is 6.35. The number of nitrogens with zero attached hydrogens (tertiary/aromatic N) is 1. The number of hydrogen-bond donors (Lipinski definition) is 2. The molecule has 0 amide bonds. The van der Waals surface area contributed by atoms with Gasteiger partial charge in [0.25, 0.3) is 0 Å². The van der Waals surface area contributed by atoms with Crippen molar-refractivity contribution in [1.82, 2.24) is 10.6 Å². The van der Waals surface area contributed by atoms with Gasteiger partial charge in [0.05, 0.1) is 14.2 Å². The van der Waals surface area contributed by atoms with Crippen LogP contribution in [-0.4, -0.2) is 46.0 Å². The fourth-order valence-corrected chi connectivity index (χ4v) is 2.60. The summed E-state index contributed by atoms with van der Waals surface area (Å²) in [5.74, 6) is 0.571. The van der Waals surface area contributed by atoms with Crippen LogP contribution in [0.25, 0.3) is 0 Å². The van der Waals surface area contributed by atoms with Gasteiger partial charge in [0.2, 0.25) is 0 Å². The molecular weight excluding hydrogens is 415 g/mol. The Labute approximate surface area is 178 Å². The number of aliphatic imine (C=N–C) groups is 1. The van der Waals surface area contributed by atoms with E-state index in [9.17, 15) is 18.0 Å². The van der Waals surface area contributed by atoms with Crippen LogP contribution in [0.4, 0.5) is 13.2 Å². The Kier molecular flexibility index (Phi) is 8.53. The minimum atomic E-state index is -4.38. The predicted molar refractivity (Wildman–Crippen MR) is 109 cm³/mol. The van der Waals surface area contributed by atoms with E-state index in [4.69, 9.17) is 9.47 Å². The van der Waals surface area contributed by atoms with Gasteiger partial charge in [0.1, 0.15) is 17.1 Å². The molecule has 0 aromatic heterocycles. The molecule has 2 aromatic rings. The number of esters is 1. The summed E-state index contributed by atoms with van der Waals surface area (Å²) in [6.07, 6.45) is -4.38. The van der Waals surface area contributed by atoms with E-state index in [0.717, 1.165) is 11.1 Å². The largest absolute Gasteiger partial charge is 0.496 e. The third-order valence-corrected chi connectivity index (χ3v) is 4.14. The fraction of sp³-hybridized carbons (Fsp3) is 0.333. The molecule has 10 heteroatoms. The van der Waals surface area contributed by atoms with E-state index in [1.165, 1.54) is 26.4 Å². The molecule has 0 saturated carbocycles. The molecule has 0 aliphatic carbocycles. The highest BCUT2D eigenvalue weighted by atomic mass is 19.4. The Morgan fingerprint density at radius 2 is 1.61 bits per heavy atom. The lowest BCUT2D eigenvalue weighted by Crippen LogP contribution is -2.36. The van der Waals surface area contributed by atoms with Crippen LogP contribution in [0.1, 0.15) is 21.5 Å². The van der Waals surface area contributed by atoms with Crippen molar-refractivity contribution in [3.63, 3.8) is 0 Å². The standard InChI is InChI=1S/C21H24F3N3O4/c1-25-20(26-11-14-4-7-16(8-5-14)31-13-21(22,23)24)27-12-15-6-9-18(29-2)17(10-15)19(28)30-3/h4-10H,11-13H2,1-3H3,(H2,25,26,27). The molecule has 0 radical (unpaired) electrons. The number of guanidine groups is 1. The second-order valence-corrected chi connectivity index (χ2v) is 6.35. The number of benzene rings is 2. The Bertz CT molecular complexity index is 900. The van der Waals surface area contributed by atoms with Gasteiger partial charge in [-0.1, -0.05) is 18.2 Å². The van der Waals surface area contributed by atoms with Crippen molar-refractivity contribution < 1.29 is 32.2 Å². The first-order chi connectivity index (χ1) is 14.8. The van der Waals surface area contributed by atoms with Crippen LogP contribution in [0.3, 0.4) is 0 Å². The highest BCUT2D eigenvalue weighted by Gasteiger charge is 2.28. The van der Waals surface area contributed by atoms with Gasteiger partial charge in [-0.05, 0) is 35.4 Å². The van der Waals surface area contributed by atoms with Gasteiger partial charge >= 0.3 is 12.1 Å². The molecule has 0 spiro atoms. The normalized spacial score (nSPS) is 11.6. The summed E-state index contributed by atoms with van der Waals surface area (Å²) in [7, 11) is 4.38. The highest BCUT2D eigenvalue weighted by Crippen LogP contribution is 2.21. The van der Waals surface area contributed by atoms with Gasteiger partial charge in [-0.25, -0.2) is 4.79 Å². The minimum absolute atomic E-state index is 0.143. The first kappa shape index (κ1) is 23.8. The number of hydrogen-bond acceptors (Lipinski definition) is 5. The average molecular weight is 439 g/mol. The smallest absolute Gasteiger partial charge is 0.422 e. The molecule has 0 fully saturated rings. The van der Waals surface area contributed by atoms with Crippen LogP contribution in [0, 0.1) is 0 Å². The summed E-state index contributed by atoms with van der Waals surface area (Å²) in [5, 5.41) is 6.23. The van der Waals surface area contributed by atoms with E-state index in [1.807, 2.05) is 6.07 Å². The minimum Gasteiger partial charge on any atom is -0.496 e. The lowest BCUT2D eigenvalue weighted by molar-refractivity contribution is -0.153. The fourth-order valence-electron chi connectivity index (χ4n) is 2.60. The van der Waals surface area contributed by atoms with Crippen LogP contribution in [0.15, 0.2) is 47.5 Å². The Balaban J connectivity index is 1.90. The molecule has 0 atom stereocenters. The first-order valence-electron chi connectivity index (χ1n) is 9.24. The summed E-state index contributed by atoms with van der Waals surface area (Å²) in [5.41, 5.74) is 1.97. The lowest BCUT2D eigenvalue weighted by Gasteiger charge is -2.14. The SMILES string of the molecule is CN=C(NCc1ccc(OCC(F)(F)F)cc1)NCc1ccc(OC)c(C(=O)OC)c1. The van der Waals surface area contributed by atoms with Gasteiger partial charge in [-0.15, -0.1) is 0 Å². The third-order valence-electron chi connectivity index (χ3n) is 4.14. The number of carbonyl (C=O) groups excluding carboxylic acids is 1. The van der Waals surface area contributed by atoms with Crippen molar-refractivity contribution in [2.45, 2.75) is 19.3 Å². The van der Waals surface area contributed by atoms with E-state index >= 15 is 0 Å². The van der Waals surface area contributed by atoms with Crippen LogP contribution in [-0.2, 0) is 17.8 Å². The Hall–Kier alpha value is -3.43. The molecule has 0 bridgehead atoms. The van der Waals surface area contributed by atoms with Crippen LogP contribution >= 0.6 is 0 Å². The number of halogens is 3. The maximum atomic E-state index is 12.2. The summed E-state index contributed by atoms with van der Waals surface area (Å²) in [4.78, 5) is 16.0. The zero-order valence-electron chi connectivity index (χ0n) is 17.4. The third kappa shape index (κ3) is 7.72. The molecule has 2 N–H and O–H groups in total. The highest BCUT2D eigenvalue weighted by molar-refractivity contribution is 5.92. The number of methoxy groups -OCH3 is 2. The molecule has 0 aliphatic heterocycles. The summed E-state index contributed by atoms with van der Waals surface area (Å²) in [6, 6.07) is 11.4. The molecular formula is C21H24F3N3O4. The van der Waals surface area contributed by atoms with Crippen molar-refractivity contribution in [3.05, 3.63) is 59.2 Å². The van der Waals surface area contributed by atoms with Crippen LogP contribution in [0.2, 0.25) is 0 Å². The zero-order chi connectivity index (χ0) is 22.9.